The van der Waals surface area contributed by atoms with Gasteiger partial charge in [-0.25, -0.2) is 0 Å². The molecule has 0 aromatic heterocycles. The Labute approximate surface area is 166 Å². The molecule has 1 heterocycles. The molecule has 0 aliphatic carbocycles. The number of amides is 2. The minimum atomic E-state index is -0.242. The molecule has 1 unspecified atom stereocenters. The van der Waals surface area contributed by atoms with Crippen LogP contribution in [0, 0.1) is 0 Å². The Balaban J connectivity index is 1.71. The number of hydrogen-bond acceptors (Lipinski definition) is 3. The summed E-state index contributed by atoms with van der Waals surface area (Å²) in [5, 5.41) is 2.89. The quantitative estimate of drug-likeness (QED) is 0.787. The Kier molecular flexibility index (Phi) is 6.69. The van der Waals surface area contributed by atoms with Crippen LogP contribution in [-0.2, 0) is 0 Å². The van der Waals surface area contributed by atoms with Crippen molar-refractivity contribution < 1.29 is 14.3 Å². The number of nitrogens with zero attached hydrogens (tertiary/aromatic N) is 1. The van der Waals surface area contributed by atoms with Crippen LogP contribution >= 0.6 is 0 Å². The van der Waals surface area contributed by atoms with Gasteiger partial charge in [0.2, 0.25) is 0 Å². The zero-order valence-electron chi connectivity index (χ0n) is 16.6. The number of anilines is 1. The molecule has 1 fully saturated rings. The number of carbonyl (C=O) groups is 2. The van der Waals surface area contributed by atoms with E-state index < -0.39 is 0 Å². The zero-order valence-corrected chi connectivity index (χ0v) is 16.6. The van der Waals surface area contributed by atoms with E-state index in [1.807, 2.05) is 24.0 Å². The molecule has 1 aliphatic rings. The Bertz CT molecular complexity index is 811. The molecule has 3 rings (SSSR count). The molecule has 0 saturated carbocycles. The fourth-order valence-electron chi connectivity index (χ4n) is 3.24. The van der Waals surface area contributed by atoms with Crippen LogP contribution in [0.5, 0.6) is 5.75 Å². The smallest absolute Gasteiger partial charge is 0.255 e. The lowest BCUT2D eigenvalue weighted by Crippen LogP contribution is -2.36. The van der Waals surface area contributed by atoms with Gasteiger partial charge < -0.3 is 15.0 Å². The highest BCUT2D eigenvalue weighted by molar-refractivity contribution is 6.09. The minimum absolute atomic E-state index is 0.0205. The molecule has 0 bridgehead atoms. The SMILES string of the molecule is CCC(C)Oc1ccc(C(=O)Nc2ccccc2C(=O)N2CCCCC2)cc1. The Morgan fingerprint density at radius 3 is 2.39 bits per heavy atom. The predicted molar refractivity (Wildman–Crippen MR) is 111 cm³/mol. The van der Waals surface area contributed by atoms with Gasteiger partial charge in [-0.2, -0.15) is 0 Å². The van der Waals surface area contributed by atoms with Gasteiger partial charge in [0.25, 0.3) is 11.8 Å². The zero-order chi connectivity index (χ0) is 19.9. The van der Waals surface area contributed by atoms with Crippen LogP contribution in [-0.4, -0.2) is 35.9 Å². The summed E-state index contributed by atoms with van der Waals surface area (Å²) in [7, 11) is 0. The van der Waals surface area contributed by atoms with Crippen molar-refractivity contribution in [2.24, 2.45) is 0 Å². The van der Waals surface area contributed by atoms with Crippen molar-refractivity contribution in [1.29, 1.82) is 0 Å². The van der Waals surface area contributed by atoms with Gasteiger partial charge in [0.1, 0.15) is 5.75 Å². The summed E-state index contributed by atoms with van der Waals surface area (Å²) in [6.07, 6.45) is 4.28. The van der Waals surface area contributed by atoms with Crippen LogP contribution in [0.3, 0.4) is 0 Å². The van der Waals surface area contributed by atoms with E-state index in [0.717, 1.165) is 38.1 Å². The van der Waals surface area contributed by atoms with Crippen molar-refractivity contribution >= 4 is 17.5 Å². The van der Waals surface area contributed by atoms with Gasteiger partial charge in [0.05, 0.1) is 17.4 Å². The molecule has 28 heavy (non-hydrogen) atoms. The Morgan fingerprint density at radius 1 is 1.04 bits per heavy atom. The summed E-state index contributed by atoms with van der Waals surface area (Å²) in [6.45, 7) is 5.63. The van der Waals surface area contributed by atoms with E-state index in [0.29, 0.717) is 16.8 Å². The highest BCUT2D eigenvalue weighted by Crippen LogP contribution is 2.21. The van der Waals surface area contributed by atoms with Crippen molar-refractivity contribution in [2.45, 2.75) is 45.6 Å². The molecule has 2 amide bonds. The van der Waals surface area contributed by atoms with Crippen molar-refractivity contribution in [1.82, 2.24) is 4.90 Å². The number of piperidine rings is 1. The average molecular weight is 380 g/mol. The van der Waals surface area contributed by atoms with Crippen molar-refractivity contribution in [3.63, 3.8) is 0 Å². The number of nitrogens with one attached hydrogen (secondary N) is 1. The summed E-state index contributed by atoms with van der Waals surface area (Å²) >= 11 is 0. The summed E-state index contributed by atoms with van der Waals surface area (Å²) in [6, 6.07) is 14.3. The maximum atomic E-state index is 12.9. The van der Waals surface area contributed by atoms with Gasteiger partial charge in [-0.3, -0.25) is 9.59 Å². The standard InChI is InChI=1S/C23H28N2O3/c1-3-17(2)28-19-13-11-18(12-14-19)22(26)24-21-10-6-5-9-20(21)23(27)25-15-7-4-8-16-25/h5-6,9-14,17H,3-4,7-8,15-16H2,1-2H3,(H,24,26). The van der Waals surface area contributed by atoms with Gasteiger partial charge >= 0.3 is 0 Å². The van der Waals surface area contributed by atoms with Gasteiger partial charge in [-0.1, -0.05) is 19.1 Å². The Morgan fingerprint density at radius 2 is 1.71 bits per heavy atom. The summed E-state index contributed by atoms with van der Waals surface area (Å²) in [5.74, 6) is 0.480. The second-order valence-electron chi connectivity index (χ2n) is 7.21. The average Bonchev–Trinajstić information content (AvgIpc) is 2.74. The van der Waals surface area contributed by atoms with E-state index in [1.54, 1.807) is 36.4 Å². The van der Waals surface area contributed by atoms with E-state index in [4.69, 9.17) is 4.74 Å². The van der Waals surface area contributed by atoms with Crippen LogP contribution in [0.4, 0.5) is 5.69 Å². The monoisotopic (exact) mass is 380 g/mol. The summed E-state index contributed by atoms with van der Waals surface area (Å²) in [5.41, 5.74) is 1.61. The third-order valence-electron chi connectivity index (χ3n) is 5.08. The molecule has 1 aliphatic heterocycles. The van der Waals surface area contributed by atoms with E-state index in [2.05, 4.69) is 12.2 Å². The Hall–Kier alpha value is -2.82. The highest BCUT2D eigenvalue weighted by Gasteiger charge is 2.21. The fourth-order valence-corrected chi connectivity index (χ4v) is 3.24. The lowest BCUT2D eigenvalue weighted by Gasteiger charge is -2.27. The van der Waals surface area contributed by atoms with Crippen molar-refractivity contribution in [2.75, 3.05) is 18.4 Å². The first-order chi connectivity index (χ1) is 13.6. The van der Waals surface area contributed by atoms with Gasteiger partial charge in [0.15, 0.2) is 0 Å². The number of rotatable bonds is 6. The third-order valence-corrected chi connectivity index (χ3v) is 5.08. The molecule has 2 aromatic carbocycles. The normalized spacial score (nSPS) is 15.0. The van der Waals surface area contributed by atoms with Crippen LogP contribution in [0.15, 0.2) is 48.5 Å². The minimum Gasteiger partial charge on any atom is -0.491 e. The first-order valence-electron chi connectivity index (χ1n) is 10.0. The van der Waals surface area contributed by atoms with Gasteiger partial charge in [-0.05, 0) is 69.0 Å². The molecular weight excluding hydrogens is 352 g/mol. The second-order valence-corrected chi connectivity index (χ2v) is 7.21. The molecule has 2 aromatic rings. The fraction of sp³-hybridized carbons (Fsp3) is 0.391. The van der Waals surface area contributed by atoms with Crippen LogP contribution in [0.25, 0.3) is 0 Å². The summed E-state index contributed by atoms with van der Waals surface area (Å²) < 4.78 is 5.75. The molecule has 0 spiro atoms. The number of carbonyl (C=O) groups excluding carboxylic acids is 2. The van der Waals surface area contributed by atoms with Crippen molar-refractivity contribution in [3.8, 4) is 5.75 Å². The van der Waals surface area contributed by atoms with Crippen LogP contribution in [0.1, 0.15) is 60.2 Å². The van der Waals surface area contributed by atoms with E-state index >= 15 is 0 Å². The number of para-hydroxylation sites is 1. The van der Waals surface area contributed by atoms with Gasteiger partial charge in [-0.15, -0.1) is 0 Å². The maximum absolute atomic E-state index is 12.9. The van der Waals surface area contributed by atoms with Crippen molar-refractivity contribution in [3.05, 3.63) is 59.7 Å². The number of likely N-dealkylation sites (tertiary alicyclic amines) is 1. The number of benzene rings is 2. The van der Waals surface area contributed by atoms with E-state index in [-0.39, 0.29) is 17.9 Å². The van der Waals surface area contributed by atoms with E-state index in [9.17, 15) is 9.59 Å². The third kappa shape index (κ3) is 4.91. The predicted octanol–water partition coefficient (Wildman–Crippen LogP) is 4.74. The molecule has 5 heteroatoms. The lowest BCUT2D eigenvalue weighted by molar-refractivity contribution is 0.0725. The molecule has 1 saturated heterocycles. The second kappa shape index (κ2) is 9.40. The molecule has 1 atom stereocenters. The van der Waals surface area contributed by atoms with Crippen LogP contribution in [0.2, 0.25) is 0 Å². The molecule has 0 radical (unpaired) electrons. The first kappa shape index (κ1) is 19.9. The molecule has 1 N–H and O–H groups in total. The number of hydrogen-bond donors (Lipinski definition) is 1. The molecule has 5 nitrogen and oxygen atoms in total. The first-order valence-corrected chi connectivity index (χ1v) is 10.0. The lowest BCUT2D eigenvalue weighted by atomic mass is 10.1. The van der Waals surface area contributed by atoms with Crippen LogP contribution < -0.4 is 10.1 Å². The number of ether oxygens (including phenoxy) is 1. The maximum Gasteiger partial charge on any atom is 0.255 e. The van der Waals surface area contributed by atoms with Gasteiger partial charge in [0, 0.05) is 18.7 Å². The van der Waals surface area contributed by atoms with E-state index in [1.165, 1.54) is 6.42 Å². The largest absolute Gasteiger partial charge is 0.491 e. The molecular formula is C23H28N2O3. The molecule has 148 valence electrons. The summed E-state index contributed by atoms with van der Waals surface area (Å²) in [4.78, 5) is 27.4. The topological polar surface area (TPSA) is 58.6 Å². The highest BCUT2D eigenvalue weighted by atomic mass is 16.5.